The molecule has 0 fully saturated rings. The van der Waals surface area contributed by atoms with Crippen molar-refractivity contribution < 1.29 is 15.0 Å². The molecule has 0 bridgehead atoms. The van der Waals surface area contributed by atoms with Gasteiger partial charge in [0.05, 0.1) is 11.1 Å². The van der Waals surface area contributed by atoms with Crippen molar-refractivity contribution in [3.63, 3.8) is 0 Å². The van der Waals surface area contributed by atoms with E-state index in [0.29, 0.717) is 11.1 Å². The van der Waals surface area contributed by atoms with Crippen molar-refractivity contribution >= 4 is 5.78 Å². The van der Waals surface area contributed by atoms with Crippen molar-refractivity contribution in [1.29, 1.82) is 0 Å². The lowest BCUT2D eigenvalue weighted by Crippen LogP contribution is -2.20. The monoisotopic (exact) mass is 282 g/mol. The average molecular weight is 282 g/mol. The molecule has 3 rings (SSSR count). The van der Waals surface area contributed by atoms with Crippen molar-refractivity contribution in [2.75, 3.05) is 0 Å². The zero-order valence-corrected chi connectivity index (χ0v) is 12.0. The first-order valence-corrected chi connectivity index (χ1v) is 7.33. The van der Waals surface area contributed by atoms with Crippen LogP contribution in [-0.2, 0) is 0 Å². The van der Waals surface area contributed by atoms with Crippen LogP contribution in [0.15, 0.2) is 36.4 Å². The van der Waals surface area contributed by atoms with Crippen LogP contribution in [0.25, 0.3) is 0 Å². The fraction of sp³-hybridized carbons (Fsp3) is 0.278. The normalized spacial score (nSPS) is 13.9. The highest BCUT2D eigenvalue weighted by Gasteiger charge is 2.34. The molecule has 0 spiro atoms. The van der Waals surface area contributed by atoms with Gasteiger partial charge in [-0.2, -0.15) is 0 Å². The van der Waals surface area contributed by atoms with E-state index >= 15 is 0 Å². The summed E-state index contributed by atoms with van der Waals surface area (Å²) in [6.07, 6.45) is 2.99. The Balaban J connectivity index is 2.24. The van der Waals surface area contributed by atoms with Crippen LogP contribution in [0, 0.1) is 0 Å². The van der Waals surface area contributed by atoms with Crippen LogP contribution < -0.4 is 0 Å². The van der Waals surface area contributed by atoms with Crippen LogP contribution in [0.5, 0.6) is 11.5 Å². The van der Waals surface area contributed by atoms with Crippen molar-refractivity contribution in [2.45, 2.75) is 32.1 Å². The third-order valence-corrected chi connectivity index (χ3v) is 4.20. The summed E-state index contributed by atoms with van der Waals surface area (Å²) >= 11 is 0. The van der Waals surface area contributed by atoms with Gasteiger partial charge < -0.3 is 10.2 Å². The summed E-state index contributed by atoms with van der Waals surface area (Å²) in [4.78, 5) is 12.6. The lowest BCUT2D eigenvalue weighted by molar-refractivity contribution is 0.102. The molecule has 3 nitrogen and oxygen atoms in total. The number of aromatic hydroxyl groups is 2. The molecule has 0 unspecified atom stereocenters. The Morgan fingerprint density at radius 1 is 0.952 bits per heavy atom. The van der Waals surface area contributed by atoms with Crippen LogP contribution in [-0.4, -0.2) is 16.0 Å². The van der Waals surface area contributed by atoms with Gasteiger partial charge in [-0.1, -0.05) is 44.0 Å². The minimum atomic E-state index is -0.288. The topological polar surface area (TPSA) is 57.5 Å². The number of unbranched alkanes of at least 4 members (excludes halogenated alkanes) is 1. The van der Waals surface area contributed by atoms with E-state index in [1.54, 1.807) is 12.1 Å². The molecule has 3 heteroatoms. The number of phenols is 2. The Morgan fingerprint density at radius 3 is 1.95 bits per heavy atom. The molecule has 0 amide bonds. The summed E-state index contributed by atoms with van der Waals surface area (Å²) < 4.78 is 0. The van der Waals surface area contributed by atoms with E-state index in [4.69, 9.17) is 0 Å². The standard InChI is InChI=1S/C18H18O3/c1-2-3-6-11-12-7-4-9-14(19)16(12)18(21)17-13(11)8-5-10-15(17)20/h4-5,7-11,19-20H,2-3,6H2,1H3. The summed E-state index contributed by atoms with van der Waals surface area (Å²) in [5.41, 5.74) is 2.42. The van der Waals surface area contributed by atoms with Crippen LogP contribution in [0.2, 0.25) is 0 Å². The van der Waals surface area contributed by atoms with Gasteiger partial charge in [0.15, 0.2) is 0 Å². The number of carbonyl (C=O) groups is 1. The first-order chi connectivity index (χ1) is 10.1. The Labute approximate surface area is 123 Å². The Kier molecular flexibility index (Phi) is 3.42. The van der Waals surface area contributed by atoms with Crippen LogP contribution in [0.4, 0.5) is 0 Å². The van der Waals surface area contributed by atoms with E-state index in [1.165, 1.54) is 12.1 Å². The van der Waals surface area contributed by atoms with Gasteiger partial charge >= 0.3 is 0 Å². The molecule has 2 aromatic carbocycles. The van der Waals surface area contributed by atoms with Gasteiger partial charge in [-0.25, -0.2) is 0 Å². The van der Waals surface area contributed by atoms with Gasteiger partial charge in [0, 0.05) is 5.92 Å². The highest BCUT2D eigenvalue weighted by Crippen LogP contribution is 2.44. The molecule has 2 N–H and O–H groups in total. The van der Waals surface area contributed by atoms with E-state index in [0.717, 1.165) is 30.4 Å². The van der Waals surface area contributed by atoms with Gasteiger partial charge in [0.1, 0.15) is 11.5 Å². The summed E-state index contributed by atoms with van der Waals surface area (Å²) in [6.45, 7) is 2.13. The molecule has 0 saturated carbocycles. The van der Waals surface area contributed by atoms with Crippen molar-refractivity contribution in [3.8, 4) is 11.5 Å². The van der Waals surface area contributed by atoms with Crippen LogP contribution in [0.3, 0.4) is 0 Å². The van der Waals surface area contributed by atoms with Crippen molar-refractivity contribution in [2.24, 2.45) is 0 Å². The lowest BCUT2D eigenvalue weighted by Gasteiger charge is -2.28. The van der Waals surface area contributed by atoms with Crippen LogP contribution >= 0.6 is 0 Å². The molecule has 21 heavy (non-hydrogen) atoms. The summed E-state index contributed by atoms with van der Waals surface area (Å²) in [7, 11) is 0. The molecule has 1 aliphatic carbocycles. The van der Waals surface area contributed by atoms with Gasteiger partial charge in [0.25, 0.3) is 0 Å². The second kappa shape index (κ2) is 5.24. The van der Waals surface area contributed by atoms with Crippen LogP contribution in [0.1, 0.15) is 59.2 Å². The minimum Gasteiger partial charge on any atom is -0.507 e. The first-order valence-electron chi connectivity index (χ1n) is 7.33. The third-order valence-electron chi connectivity index (χ3n) is 4.20. The molecule has 2 aromatic rings. The van der Waals surface area contributed by atoms with Gasteiger partial charge in [-0.05, 0) is 29.7 Å². The molecule has 0 saturated heterocycles. The highest BCUT2D eigenvalue weighted by atomic mass is 16.3. The third kappa shape index (κ3) is 2.09. The number of ketones is 1. The number of hydrogen-bond acceptors (Lipinski definition) is 3. The number of fused-ring (bicyclic) bond motifs is 2. The zero-order chi connectivity index (χ0) is 15.0. The van der Waals surface area contributed by atoms with E-state index in [2.05, 4.69) is 6.92 Å². The molecule has 108 valence electrons. The minimum absolute atomic E-state index is 0.00657. The fourth-order valence-electron chi connectivity index (χ4n) is 3.20. The number of benzene rings is 2. The molecule has 0 aliphatic heterocycles. The van der Waals surface area contributed by atoms with Gasteiger partial charge in [0.2, 0.25) is 5.78 Å². The Hall–Kier alpha value is -2.29. The highest BCUT2D eigenvalue weighted by molar-refractivity contribution is 6.15. The van der Waals surface area contributed by atoms with Crippen molar-refractivity contribution in [3.05, 3.63) is 58.7 Å². The molecule has 1 aliphatic rings. The van der Waals surface area contributed by atoms with Gasteiger partial charge in [-0.3, -0.25) is 4.79 Å². The SMILES string of the molecule is CCCCC1c2cccc(O)c2C(=O)c2c(O)cccc21. The maximum Gasteiger partial charge on any atom is 0.201 e. The number of rotatable bonds is 3. The molecule has 0 heterocycles. The van der Waals surface area contributed by atoms with E-state index in [1.807, 2.05) is 12.1 Å². The maximum absolute atomic E-state index is 12.6. The first kappa shape index (κ1) is 13.7. The summed E-state index contributed by atoms with van der Waals surface area (Å²) in [6, 6.07) is 10.4. The predicted octanol–water partition coefficient (Wildman–Crippen LogP) is 3.96. The fourth-order valence-corrected chi connectivity index (χ4v) is 3.20. The van der Waals surface area contributed by atoms with E-state index in [9.17, 15) is 15.0 Å². The number of phenolic OH excluding ortho intramolecular Hbond substituents is 2. The second-order valence-electron chi connectivity index (χ2n) is 5.51. The zero-order valence-electron chi connectivity index (χ0n) is 12.0. The van der Waals surface area contributed by atoms with Crippen molar-refractivity contribution in [1.82, 2.24) is 0 Å². The largest absolute Gasteiger partial charge is 0.507 e. The molecular weight excluding hydrogens is 264 g/mol. The smallest absolute Gasteiger partial charge is 0.201 e. The Morgan fingerprint density at radius 2 is 1.48 bits per heavy atom. The molecule has 0 radical (unpaired) electrons. The molecule has 0 aromatic heterocycles. The number of hydrogen-bond donors (Lipinski definition) is 2. The maximum atomic E-state index is 12.6. The average Bonchev–Trinajstić information content (AvgIpc) is 2.47. The number of carbonyl (C=O) groups excluding carboxylic acids is 1. The molecular formula is C18H18O3. The summed E-state index contributed by atoms with van der Waals surface area (Å²) in [5, 5.41) is 20.2. The predicted molar refractivity (Wildman–Crippen MR) is 81.0 cm³/mol. The Bertz CT molecular complexity index is 648. The second-order valence-corrected chi connectivity index (χ2v) is 5.51. The quantitative estimate of drug-likeness (QED) is 0.895. The van der Waals surface area contributed by atoms with E-state index < -0.39 is 0 Å². The lowest BCUT2D eigenvalue weighted by atomic mass is 9.75. The molecule has 0 atom stereocenters. The summed E-state index contributed by atoms with van der Waals surface area (Å²) in [5.74, 6) is -0.253. The van der Waals surface area contributed by atoms with E-state index in [-0.39, 0.29) is 23.2 Å². The van der Waals surface area contributed by atoms with Gasteiger partial charge in [-0.15, -0.1) is 0 Å².